The molecular formula is C18H29N4O5PS. The van der Waals surface area contributed by atoms with E-state index in [2.05, 4.69) is 14.3 Å². The first-order chi connectivity index (χ1) is 14.0. The van der Waals surface area contributed by atoms with E-state index in [9.17, 15) is 4.79 Å². The van der Waals surface area contributed by atoms with E-state index in [4.69, 9.17) is 30.4 Å². The predicted octanol–water partition coefficient (Wildman–Crippen LogP) is 1.28. The van der Waals surface area contributed by atoms with Crippen LogP contribution in [-0.2, 0) is 26.0 Å². The second-order valence-electron chi connectivity index (χ2n) is 6.91. The molecular weight excluding hydrogens is 415 g/mol. The second-order valence-corrected chi connectivity index (χ2v) is 11.1. The van der Waals surface area contributed by atoms with Gasteiger partial charge in [-0.2, -0.15) is 0 Å². The molecule has 0 bridgehead atoms. The highest BCUT2D eigenvalue weighted by Gasteiger charge is 2.40. The van der Waals surface area contributed by atoms with E-state index in [-0.39, 0.29) is 12.4 Å². The molecule has 162 valence electrons. The summed E-state index contributed by atoms with van der Waals surface area (Å²) in [6.07, 6.45) is -0.803. The average Bonchev–Trinajstić information content (AvgIpc) is 3.18. The molecule has 0 aliphatic carbocycles. The van der Waals surface area contributed by atoms with Gasteiger partial charge in [0.25, 0.3) is 0 Å². The van der Waals surface area contributed by atoms with Gasteiger partial charge in [-0.25, -0.2) is 9.79 Å². The first-order valence-corrected chi connectivity index (χ1v) is 12.5. The van der Waals surface area contributed by atoms with Crippen LogP contribution in [0.5, 0.6) is 0 Å². The van der Waals surface area contributed by atoms with Gasteiger partial charge in [-0.15, -0.1) is 0 Å². The molecule has 2 aliphatic rings. The fourth-order valence-electron chi connectivity index (χ4n) is 3.28. The zero-order valence-corrected chi connectivity index (χ0v) is 18.9. The molecule has 1 aromatic rings. The van der Waals surface area contributed by atoms with Gasteiger partial charge in [0.1, 0.15) is 6.34 Å². The van der Waals surface area contributed by atoms with Crippen LogP contribution in [0.1, 0.15) is 17.5 Å². The van der Waals surface area contributed by atoms with Crippen LogP contribution in [0.25, 0.3) is 0 Å². The second kappa shape index (κ2) is 10.1. The number of carbonyl (C=O) groups excluding carboxylic acids is 1. The van der Waals surface area contributed by atoms with Crippen LogP contribution in [0.2, 0.25) is 0 Å². The van der Waals surface area contributed by atoms with Gasteiger partial charge in [-0.1, -0.05) is 11.8 Å². The summed E-state index contributed by atoms with van der Waals surface area (Å²) in [5, 5.41) is 0.775. The Hall–Kier alpha value is -1.29. The molecule has 9 nitrogen and oxygen atoms in total. The van der Waals surface area contributed by atoms with Crippen LogP contribution in [-0.4, -0.2) is 99.9 Å². The maximum atomic E-state index is 12.4. The largest absolute Gasteiger partial charge is 0.460 e. The highest BCUT2D eigenvalue weighted by molar-refractivity contribution is 8.16. The average molecular weight is 444 g/mol. The van der Waals surface area contributed by atoms with E-state index in [1.165, 1.54) is 0 Å². The zero-order valence-electron chi connectivity index (χ0n) is 17.2. The first kappa shape index (κ1) is 22.4. The van der Waals surface area contributed by atoms with Crippen molar-refractivity contribution in [3.8, 4) is 0 Å². The third kappa shape index (κ3) is 5.07. The van der Waals surface area contributed by atoms with Gasteiger partial charge in [-0.05, 0) is 6.92 Å². The lowest BCUT2D eigenvalue weighted by atomic mass is 10.4. The van der Waals surface area contributed by atoms with Crippen LogP contribution in [0.4, 0.5) is 5.88 Å². The van der Waals surface area contributed by atoms with Crippen LogP contribution in [0, 0.1) is 0 Å². The van der Waals surface area contributed by atoms with Crippen molar-refractivity contribution in [2.75, 3.05) is 73.3 Å². The van der Waals surface area contributed by atoms with Crippen molar-refractivity contribution in [1.82, 2.24) is 14.2 Å². The highest BCUT2D eigenvalue weighted by Crippen LogP contribution is 2.55. The monoisotopic (exact) mass is 444 g/mol. The Morgan fingerprint density at radius 1 is 1.21 bits per heavy atom. The molecule has 0 atom stereocenters. The first-order valence-electron chi connectivity index (χ1n) is 9.75. The summed E-state index contributed by atoms with van der Waals surface area (Å²) in [5.41, 5.74) is 0. The molecule has 0 aromatic carbocycles. The predicted molar refractivity (Wildman–Crippen MR) is 115 cm³/mol. The number of hydrogen-bond donors (Lipinski definition) is 0. The topological polar surface area (TPSA) is 80.0 Å². The van der Waals surface area contributed by atoms with Gasteiger partial charge in [0.15, 0.2) is 0 Å². The van der Waals surface area contributed by atoms with Gasteiger partial charge < -0.3 is 23.5 Å². The van der Waals surface area contributed by atoms with Crippen LogP contribution in [0.15, 0.2) is 15.5 Å². The summed E-state index contributed by atoms with van der Waals surface area (Å²) in [6.45, 7) is 7.45. The van der Waals surface area contributed by atoms with Crippen molar-refractivity contribution in [3.63, 3.8) is 0 Å². The van der Waals surface area contributed by atoms with Gasteiger partial charge in [-0.3, -0.25) is 9.34 Å². The fourth-order valence-corrected chi connectivity index (χ4v) is 7.67. The van der Waals surface area contributed by atoms with Crippen LogP contribution >= 0.6 is 6.34 Å². The standard InChI is InChI=1S/C18H29N4O5PS/c1-4-26-18(23)15-13-16(17(27-15)19-14-20(2)3)28(29,21-5-9-24-10-6-21)22-7-11-25-12-8-22/h13-14H,4-12H2,1-3H3. The molecule has 3 rings (SSSR count). The van der Waals surface area contributed by atoms with Crippen molar-refractivity contribution in [1.29, 1.82) is 0 Å². The van der Waals surface area contributed by atoms with E-state index in [1.807, 2.05) is 19.0 Å². The molecule has 2 aliphatic heterocycles. The molecule has 0 N–H and O–H groups in total. The third-order valence-electron chi connectivity index (χ3n) is 4.63. The number of esters is 1. The van der Waals surface area contributed by atoms with Crippen LogP contribution in [0.3, 0.4) is 0 Å². The summed E-state index contributed by atoms with van der Waals surface area (Å²) in [5.74, 6) is -0.0165. The Bertz CT molecular complexity index is 750. The molecule has 11 heteroatoms. The van der Waals surface area contributed by atoms with E-state index in [0.717, 1.165) is 31.5 Å². The van der Waals surface area contributed by atoms with Gasteiger partial charge in [0, 0.05) is 46.3 Å². The Morgan fingerprint density at radius 3 is 2.24 bits per heavy atom. The smallest absolute Gasteiger partial charge is 0.374 e. The summed E-state index contributed by atoms with van der Waals surface area (Å²) in [4.78, 5) is 18.7. The number of aliphatic imine (C=N–C) groups is 1. The lowest BCUT2D eigenvalue weighted by molar-refractivity contribution is 0.0491. The molecule has 2 saturated heterocycles. The van der Waals surface area contributed by atoms with Crippen molar-refractivity contribution >= 4 is 41.6 Å². The number of morpholine rings is 2. The number of nitrogens with zero attached hydrogens (tertiary/aromatic N) is 4. The SMILES string of the molecule is CCOC(=O)c1cc(P(=S)(N2CCOCC2)N2CCOCC2)c(N=CN(C)C)o1. The fraction of sp³-hybridized carbons (Fsp3) is 0.667. The van der Waals surface area contributed by atoms with E-state index in [1.54, 1.807) is 19.3 Å². The molecule has 0 amide bonds. The molecule has 2 fully saturated rings. The molecule has 1 aromatic heterocycles. The summed E-state index contributed by atoms with van der Waals surface area (Å²) >= 11 is 6.39. The third-order valence-corrected chi connectivity index (χ3v) is 9.89. The van der Waals surface area contributed by atoms with E-state index < -0.39 is 12.3 Å². The van der Waals surface area contributed by atoms with Gasteiger partial charge in [0.05, 0.1) is 44.7 Å². The van der Waals surface area contributed by atoms with Crippen molar-refractivity contribution in [2.45, 2.75) is 6.92 Å². The normalized spacial score (nSPS) is 19.6. The summed E-state index contributed by atoms with van der Waals surface area (Å²) in [7, 11) is 3.75. The molecule has 0 unspecified atom stereocenters. The van der Waals surface area contributed by atoms with Gasteiger partial charge >= 0.3 is 5.97 Å². The number of hydrogen-bond acceptors (Lipinski definition) is 7. The molecule has 0 radical (unpaired) electrons. The lowest BCUT2D eigenvalue weighted by Crippen LogP contribution is -2.46. The quantitative estimate of drug-likeness (QED) is 0.267. The molecule has 0 saturated carbocycles. The Morgan fingerprint density at radius 2 is 1.76 bits per heavy atom. The van der Waals surface area contributed by atoms with E-state index >= 15 is 0 Å². The molecule has 3 heterocycles. The van der Waals surface area contributed by atoms with Crippen molar-refractivity contribution in [3.05, 3.63) is 11.8 Å². The summed E-state index contributed by atoms with van der Waals surface area (Å²) < 4.78 is 26.7. The minimum atomic E-state index is -2.45. The van der Waals surface area contributed by atoms with Crippen molar-refractivity contribution in [2.24, 2.45) is 4.99 Å². The number of furan rings is 1. The van der Waals surface area contributed by atoms with Gasteiger partial charge in [0.2, 0.25) is 11.6 Å². The Kier molecular flexibility index (Phi) is 7.84. The molecule has 0 spiro atoms. The maximum absolute atomic E-state index is 12.4. The maximum Gasteiger partial charge on any atom is 0.374 e. The summed E-state index contributed by atoms with van der Waals surface area (Å²) in [6, 6.07) is 1.73. The van der Waals surface area contributed by atoms with Crippen LogP contribution < -0.4 is 5.30 Å². The number of ether oxygens (including phenoxy) is 3. The van der Waals surface area contributed by atoms with E-state index in [0.29, 0.717) is 32.3 Å². The molecule has 29 heavy (non-hydrogen) atoms. The minimum absolute atomic E-state index is 0.128. The lowest BCUT2D eigenvalue weighted by Gasteiger charge is -2.45. The minimum Gasteiger partial charge on any atom is -0.460 e. The zero-order chi connectivity index (χ0) is 20.9. The number of rotatable bonds is 7. The Labute approximate surface area is 176 Å². The highest BCUT2D eigenvalue weighted by atomic mass is 32.4. The Balaban J connectivity index is 2.09. The van der Waals surface area contributed by atoms with Crippen molar-refractivity contribution < 1.29 is 23.4 Å². The number of carbonyl (C=O) groups is 1.